The van der Waals surface area contributed by atoms with E-state index in [1.165, 1.54) is 103 Å². The van der Waals surface area contributed by atoms with Crippen molar-refractivity contribution in [3.05, 3.63) is 60.9 Å². The normalized spacial score (nSPS) is 14.7. The fourth-order valence-electron chi connectivity index (χ4n) is 5.41. The predicted molar refractivity (Wildman–Crippen MR) is 220 cm³/mol. The Morgan fingerprint density at radius 2 is 1.25 bits per heavy atom. The average molecular weight is 768 g/mol. The minimum absolute atomic E-state index is 0.0794. The molecule has 53 heavy (non-hydrogen) atoms. The van der Waals surface area contributed by atoms with Crippen molar-refractivity contribution in [1.82, 2.24) is 0 Å². The first-order valence-corrected chi connectivity index (χ1v) is 22.4. The second kappa shape index (κ2) is 39.7. The van der Waals surface area contributed by atoms with Gasteiger partial charge in [-0.15, -0.1) is 0 Å². The van der Waals surface area contributed by atoms with Crippen LogP contribution >= 0.6 is 7.82 Å². The summed E-state index contributed by atoms with van der Waals surface area (Å²) in [5, 5.41) is 10.1. The summed E-state index contributed by atoms with van der Waals surface area (Å²) >= 11 is 0. The van der Waals surface area contributed by atoms with Crippen molar-refractivity contribution in [2.45, 2.75) is 180 Å². The van der Waals surface area contributed by atoms with Crippen molar-refractivity contribution in [2.24, 2.45) is 5.73 Å². The van der Waals surface area contributed by atoms with Gasteiger partial charge >= 0.3 is 13.8 Å². The number of nitrogens with two attached hydrogens (primary N) is 1. The van der Waals surface area contributed by atoms with Gasteiger partial charge in [-0.3, -0.25) is 13.8 Å². The number of carbonyl (C=O) groups excluding carboxylic acids is 1. The number of aliphatic hydroxyl groups is 1. The van der Waals surface area contributed by atoms with Gasteiger partial charge in [0.25, 0.3) is 0 Å². The molecule has 0 aliphatic heterocycles. The van der Waals surface area contributed by atoms with Gasteiger partial charge < -0.3 is 25.2 Å². The van der Waals surface area contributed by atoms with Crippen molar-refractivity contribution < 1.29 is 37.9 Å². The number of ether oxygens (including phenoxy) is 2. The molecule has 0 heterocycles. The molecule has 0 bridgehead atoms. The Hall–Kier alpha value is -2.00. The Morgan fingerprint density at radius 3 is 1.91 bits per heavy atom. The Balaban J connectivity index is 4.29. The number of carbonyl (C=O) groups is 1. The van der Waals surface area contributed by atoms with Gasteiger partial charge in [0.15, 0.2) is 6.10 Å². The van der Waals surface area contributed by atoms with E-state index in [-0.39, 0.29) is 32.8 Å². The van der Waals surface area contributed by atoms with Crippen LogP contribution in [0.4, 0.5) is 0 Å². The monoisotopic (exact) mass is 768 g/mol. The summed E-state index contributed by atoms with van der Waals surface area (Å²) in [6, 6.07) is 0. The molecule has 0 aliphatic carbocycles. The summed E-state index contributed by atoms with van der Waals surface area (Å²) < 4.78 is 33.0. The highest BCUT2D eigenvalue weighted by Gasteiger charge is 2.24. The fraction of sp³-hybridized carbons (Fsp3) is 0.744. The molecule has 0 aliphatic rings. The highest BCUT2D eigenvalue weighted by molar-refractivity contribution is 7.47. The summed E-state index contributed by atoms with van der Waals surface area (Å²) in [5.74, 6) is -0.390. The quantitative estimate of drug-likeness (QED) is 0.0139. The van der Waals surface area contributed by atoms with Crippen LogP contribution in [0.5, 0.6) is 0 Å². The Kier molecular flexibility index (Phi) is 38.2. The molecule has 3 atom stereocenters. The third kappa shape index (κ3) is 39.5. The molecule has 0 aromatic carbocycles. The smallest absolute Gasteiger partial charge is 0.472 e. The molecule has 0 rings (SSSR count). The number of rotatable bonds is 39. The number of hydrogen-bond acceptors (Lipinski definition) is 8. The first-order chi connectivity index (χ1) is 25.8. The zero-order chi connectivity index (χ0) is 38.9. The van der Waals surface area contributed by atoms with Crippen molar-refractivity contribution >= 4 is 13.8 Å². The number of aliphatic hydroxyl groups excluding tert-OH is 1. The molecule has 0 aromatic rings. The Bertz CT molecular complexity index is 1010. The highest BCUT2D eigenvalue weighted by atomic mass is 31.2. The number of unbranched alkanes of at least 4 members (excludes halogenated alkanes) is 18. The van der Waals surface area contributed by atoms with Crippen LogP contribution in [0.3, 0.4) is 0 Å². The van der Waals surface area contributed by atoms with E-state index in [1.807, 2.05) is 30.4 Å². The topological polar surface area (TPSA) is 138 Å². The Labute approximate surface area is 324 Å². The molecular formula is C43H78NO8P. The number of phosphoric acid groups is 1. The number of esters is 1. The summed E-state index contributed by atoms with van der Waals surface area (Å²) in [4.78, 5) is 22.2. The summed E-state index contributed by atoms with van der Waals surface area (Å²) in [6.07, 6.45) is 45.1. The van der Waals surface area contributed by atoms with Gasteiger partial charge in [0.05, 0.1) is 25.6 Å². The van der Waals surface area contributed by atoms with Gasteiger partial charge in [0, 0.05) is 13.0 Å². The van der Waals surface area contributed by atoms with Crippen molar-refractivity contribution in [3.8, 4) is 0 Å². The van der Waals surface area contributed by atoms with Crippen LogP contribution in [-0.4, -0.2) is 54.5 Å². The number of phosphoric ester groups is 1. The average Bonchev–Trinajstić information content (AvgIpc) is 3.14. The van der Waals surface area contributed by atoms with Crippen LogP contribution < -0.4 is 5.73 Å². The first kappa shape index (κ1) is 51.0. The summed E-state index contributed by atoms with van der Waals surface area (Å²) in [7, 11) is -4.30. The minimum atomic E-state index is -4.30. The molecule has 0 fully saturated rings. The number of hydrogen-bond donors (Lipinski definition) is 3. The molecule has 0 spiro atoms. The van der Waals surface area contributed by atoms with E-state index in [9.17, 15) is 19.4 Å². The van der Waals surface area contributed by atoms with Crippen LogP contribution in [-0.2, 0) is 27.9 Å². The van der Waals surface area contributed by atoms with E-state index in [0.29, 0.717) is 19.3 Å². The fourth-order valence-corrected chi connectivity index (χ4v) is 6.17. The van der Waals surface area contributed by atoms with Crippen molar-refractivity contribution in [1.29, 1.82) is 0 Å². The molecule has 0 aromatic heterocycles. The third-order valence-electron chi connectivity index (χ3n) is 8.61. The zero-order valence-corrected chi connectivity index (χ0v) is 34.5. The van der Waals surface area contributed by atoms with E-state index < -0.39 is 26.0 Å². The molecule has 2 unspecified atom stereocenters. The molecule has 0 radical (unpaired) electrons. The Morgan fingerprint density at radius 1 is 0.679 bits per heavy atom. The SMILES string of the molecule is CCCCC/C=C\C/C=C\CC(O)/C=C\C=C\CCCC(=O)OC[C@H](COP(=O)(O)OCCN)O/C=C/CCCCCCCCCCCCCCCC. The third-order valence-corrected chi connectivity index (χ3v) is 9.59. The van der Waals surface area contributed by atoms with Gasteiger partial charge in [-0.05, 0) is 57.4 Å². The van der Waals surface area contributed by atoms with E-state index in [0.717, 1.165) is 25.7 Å². The first-order valence-electron chi connectivity index (χ1n) is 20.9. The number of allylic oxidation sites excluding steroid dienone is 7. The van der Waals surface area contributed by atoms with E-state index in [1.54, 1.807) is 12.3 Å². The maximum absolute atomic E-state index is 12.4. The lowest BCUT2D eigenvalue weighted by molar-refractivity contribution is -0.147. The van der Waals surface area contributed by atoms with Gasteiger partial charge in [-0.25, -0.2) is 4.57 Å². The lowest BCUT2D eigenvalue weighted by Crippen LogP contribution is -2.25. The molecule has 0 saturated carbocycles. The molecule has 308 valence electrons. The van der Waals surface area contributed by atoms with Gasteiger partial charge in [-0.2, -0.15) is 0 Å². The summed E-state index contributed by atoms with van der Waals surface area (Å²) in [5.41, 5.74) is 5.35. The lowest BCUT2D eigenvalue weighted by Gasteiger charge is -2.19. The van der Waals surface area contributed by atoms with E-state index >= 15 is 0 Å². The molecule has 0 amide bonds. The van der Waals surface area contributed by atoms with Crippen LogP contribution in [0.25, 0.3) is 0 Å². The van der Waals surface area contributed by atoms with Gasteiger partial charge in [-0.1, -0.05) is 159 Å². The van der Waals surface area contributed by atoms with E-state index in [4.69, 9.17) is 24.3 Å². The molecule has 10 heteroatoms. The molecule has 0 saturated heterocycles. The van der Waals surface area contributed by atoms with Crippen molar-refractivity contribution in [2.75, 3.05) is 26.4 Å². The highest BCUT2D eigenvalue weighted by Crippen LogP contribution is 2.43. The zero-order valence-electron chi connectivity index (χ0n) is 33.6. The summed E-state index contributed by atoms with van der Waals surface area (Å²) in [6.45, 7) is 4.01. The van der Waals surface area contributed by atoms with Crippen LogP contribution in [0.1, 0.15) is 168 Å². The lowest BCUT2D eigenvalue weighted by atomic mass is 10.0. The minimum Gasteiger partial charge on any atom is -0.492 e. The molecule has 9 nitrogen and oxygen atoms in total. The second-order valence-corrected chi connectivity index (χ2v) is 15.2. The van der Waals surface area contributed by atoms with Crippen LogP contribution in [0.15, 0.2) is 60.9 Å². The van der Waals surface area contributed by atoms with Crippen LogP contribution in [0.2, 0.25) is 0 Å². The van der Waals surface area contributed by atoms with Gasteiger partial charge in [0.2, 0.25) is 0 Å². The molecular weight excluding hydrogens is 689 g/mol. The second-order valence-electron chi connectivity index (χ2n) is 13.8. The van der Waals surface area contributed by atoms with Crippen molar-refractivity contribution in [3.63, 3.8) is 0 Å². The maximum atomic E-state index is 12.4. The largest absolute Gasteiger partial charge is 0.492 e. The predicted octanol–water partition coefficient (Wildman–Crippen LogP) is 11.5. The van der Waals surface area contributed by atoms with Crippen LogP contribution in [0, 0.1) is 0 Å². The van der Waals surface area contributed by atoms with Gasteiger partial charge in [0.1, 0.15) is 6.61 Å². The molecule has 4 N–H and O–H groups in total. The standard InChI is InChI=1S/C43H78NO8P/c1-3-5-7-9-11-13-14-15-16-17-18-19-21-23-28-32-37-49-42(40-52-53(47,48)51-38-36-44)39-50-43(46)35-31-27-24-26-30-34-41(45)33-29-25-22-20-12-10-8-6-4-2/h12,20,24-26,29-30,32,34,37,41-42,45H,3-11,13-19,21-23,27-28,31,33,35-36,38-40,44H2,1-2H3,(H,47,48)/b20-12-,26-24+,29-25-,34-30-,37-32+/t41?,42-/m1/s1. The van der Waals surface area contributed by atoms with E-state index in [2.05, 4.69) is 32.1 Å². The maximum Gasteiger partial charge on any atom is 0.472 e.